The molecule has 0 spiro atoms. The van der Waals surface area contributed by atoms with Crippen molar-refractivity contribution in [2.24, 2.45) is 5.92 Å². The van der Waals surface area contributed by atoms with E-state index < -0.39 is 0 Å². The number of hydrogen-bond acceptors (Lipinski definition) is 1. The van der Waals surface area contributed by atoms with Crippen molar-refractivity contribution in [2.75, 3.05) is 6.54 Å². The first kappa shape index (κ1) is 18.8. The number of nitrogens with one attached hydrogen (secondary N) is 1. The molecule has 0 heterocycles. The highest BCUT2D eigenvalue weighted by Crippen LogP contribution is 2.28. The minimum absolute atomic E-state index is 0.457. The van der Waals surface area contributed by atoms with Crippen LogP contribution in [0.3, 0.4) is 0 Å². The van der Waals surface area contributed by atoms with Gasteiger partial charge in [0.1, 0.15) is 0 Å². The van der Waals surface area contributed by atoms with Gasteiger partial charge >= 0.3 is 0 Å². The molecular weight excluding hydrogens is 301 g/mol. The Morgan fingerprint density at radius 2 is 1.71 bits per heavy atom. The molecule has 2 atom stereocenters. The lowest BCUT2D eigenvalue weighted by molar-refractivity contribution is 0.315. The van der Waals surface area contributed by atoms with Crippen molar-refractivity contribution in [1.82, 2.24) is 5.32 Å². The van der Waals surface area contributed by atoms with E-state index >= 15 is 0 Å². The van der Waals surface area contributed by atoms with E-state index in [-0.39, 0.29) is 0 Å². The van der Waals surface area contributed by atoms with Crippen molar-refractivity contribution in [3.05, 3.63) is 33.8 Å². The highest BCUT2D eigenvalue weighted by molar-refractivity contribution is 6.36. The summed E-state index contributed by atoms with van der Waals surface area (Å²) in [6.07, 6.45) is 7.08. The van der Waals surface area contributed by atoms with Crippen LogP contribution in [0.15, 0.2) is 18.2 Å². The van der Waals surface area contributed by atoms with Crippen LogP contribution in [0.2, 0.25) is 10.0 Å². The fourth-order valence-corrected chi connectivity index (χ4v) is 3.39. The average molecular weight is 330 g/mol. The standard InChI is InChI=1S/C18H29Cl2N/c1-4-7-9-14(6-3)18(21-12-5-2)13-15-16(19)10-8-11-17(15)20/h8,10-11,14,18,21H,4-7,9,12-13H2,1-3H3. The Kier molecular flexibility index (Phi) is 9.39. The van der Waals surface area contributed by atoms with Gasteiger partial charge in [0.25, 0.3) is 0 Å². The predicted octanol–water partition coefficient (Wildman–Crippen LogP) is 6.12. The molecule has 1 aromatic carbocycles. The van der Waals surface area contributed by atoms with Crippen molar-refractivity contribution < 1.29 is 0 Å². The maximum atomic E-state index is 6.35. The van der Waals surface area contributed by atoms with Crippen molar-refractivity contribution in [3.63, 3.8) is 0 Å². The predicted molar refractivity (Wildman–Crippen MR) is 95.6 cm³/mol. The zero-order valence-electron chi connectivity index (χ0n) is 13.6. The van der Waals surface area contributed by atoms with E-state index in [1.807, 2.05) is 18.2 Å². The van der Waals surface area contributed by atoms with Crippen LogP contribution in [0.1, 0.15) is 58.4 Å². The second-order valence-electron chi connectivity index (χ2n) is 5.78. The van der Waals surface area contributed by atoms with Crippen LogP contribution >= 0.6 is 23.2 Å². The third-order valence-electron chi connectivity index (χ3n) is 4.16. The molecule has 0 saturated heterocycles. The highest BCUT2D eigenvalue weighted by Gasteiger charge is 2.21. The maximum Gasteiger partial charge on any atom is 0.0453 e. The quantitative estimate of drug-likeness (QED) is 0.545. The Hall–Kier alpha value is -0.240. The van der Waals surface area contributed by atoms with Gasteiger partial charge in [-0.2, -0.15) is 0 Å². The molecule has 1 rings (SSSR count). The third kappa shape index (κ3) is 6.18. The minimum atomic E-state index is 0.457. The van der Waals surface area contributed by atoms with Gasteiger partial charge in [0, 0.05) is 16.1 Å². The number of benzene rings is 1. The Morgan fingerprint density at radius 3 is 2.24 bits per heavy atom. The minimum Gasteiger partial charge on any atom is -0.313 e. The molecule has 21 heavy (non-hydrogen) atoms. The average Bonchev–Trinajstić information content (AvgIpc) is 2.48. The molecule has 0 amide bonds. The maximum absolute atomic E-state index is 6.35. The molecule has 3 heteroatoms. The smallest absolute Gasteiger partial charge is 0.0453 e. The Labute approximate surface area is 140 Å². The zero-order chi connectivity index (χ0) is 15.7. The van der Waals surface area contributed by atoms with Gasteiger partial charge in [0.2, 0.25) is 0 Å². The normalized spacial score (nSPS) is 14.1. The molecule has 1 N–H and O–H groups in total. The monoisotopic (exact) mass is 329 g/mol. The molecule has 0 saturated carbocycles. The molecular formula is C18H29Cl2N. The van der Waals surface area contributed by atoms with Crippen LogP contribution in [0.5, 0.6) is 0 Å². The molecule has 1 nitrogen and oxygen atoms in total. The first-order valence-corrected chi connectivity index (χ1v) is 9.05. The Balaban J connectivity index is 2.85. The number of unbranched alkanes of at least 4 members (excludes halogenated alkanes) is 1. The van der Waals surface area contributed by atoms with Crippen molar-refractivity contribution in [2.45, 2.75) is 65.3 Å². The summed E-state index contributed by atoms with van der Waals surface area (Å²) in [5.74, 6) is 0.684. The first-order chi connectivity index (χ1) is 10.1. The summed E-state index contributed by atoms with van der Waals surface area (Å²) in [5, 5.41) is 5.29. The summed E-state index contributed by atoms with van der Waals surface area (Å²) < 4.78 is 0. The topological polar surface area (TPSA) is 12.0 Å². The Morgan fingerprint density at radius 1 is 1.05 bits per heavy atom. The summed E-state index contributed by atoms with van der Waals surface area (Å²) in [4.78, 5) is 0. The summed E-state index contributed by atoms with van der Waals surface area (Å²) in [6, 6.07) is 6.25. The van der Waals surface area contributed by atoms with Gasteiger partial charge in [0.05, 0.1) is 0 Å². The zero-order valence-corrected chi connectivity index (χ0v) is 15.1. The Bertz CT molecular complexity index is 386. The van der Waals surface area contributed by atoms with E-state index in [9.17, 15) is 0 Å². The molecule has 0 fully saturated rings. The van der Waals surface area contributed by atoms with Crippen LogP contribution in [0.4, 0.5) is 0 Å². The van der Waals surface area contributed by atoms with E-state index in [4.69, 9.17) is 23.2 Å². The van der Waals surface area contributed by atoms with E-state index in [1.165, 1.54) is 25.7 Å². The summed E-state index contributed by atoms with van der Waals surface area (Å²) in [5.41, 5.74) is 1.09. The molecule has 0 aliphatic rings. The molecule has 2 unspecified atom stereocenters. The van der Waals surface area contributed by atoms with Crippen LogP contribution in [0, 0.1) is 5.92 Å². The SMILES string of the molecule is CCCCC(CC)C(Cc1c(Cl)cccc1Cl)NCCC. The molecule has 1 aromatic rings. The van der Waals surface area contributed by atoms with Crippen molar-refractivity contribution in [1.29, 1.82) is 0 Å². The van der Waals surface area contributed by atoms with Crippen LogP contribution < -0.4 is 5.32 Å². The fraction of sp³-hybridized carbons (Fsp3) is 0.667. The van der Waals surface area contributed by atoms with Crippen LogP contribution in [-0.2, 0) is 6.42 Å². The van der Waals surface area contributed by atoms with E-state index in [0.29, 0.717) is 12.0 Å². The van der Waals surface area contributed by atoms with Gasteiger partial charge in [-0.15, -0.1) is 0 Å². The van der Waals surface area contributed by atoms with Gasteiger partial charge in [0.15, 0.2) is 0 Å². The van der Waals surface area contributed by atoms with Gasteiger partial charge in [-0.05, 0) is 49.4 Å². The lowest BCUT2D eigenvalue weighted by atomic mass is 9.87. The van der Waals surface area contributed by atoms with E-state index in [0.717, 1.165) is 35.0 Å². The van der Waals surface area contributed by atoms with Gasteiger partial charge in [-0.1, -0.05) is 69.3 Å². The van der Waals surface area contributed by atoms with Gasteiger partial charge in [-0.3, -0.25) is 0 Å². The van der Waals surface area contributed by atoms with Gasteiger partial charge in [-0.25, -0.2) is 0 Å². The summed E-state index contributed by atoms with van der Waals surface area (Å²) in [6.45, 7) is 7.80. The number of halogens is 2. The highest BCUT2D eigenvalue weighted by atomic mass is 35.5. The van der Waals surface area contributed by atoms with Crippen LogP contribution in [0.25, 0.3) is 0 Å². The van der Waals surface area contributed by atoms with Crippen LogP contribution in [-0.4, -0.2) is 12.6 Å². The fourth-order valence-electron chi connectivity index (χ4n) is 2.84. The summed E-state index contributed by atoms with van der Waals surface area (Å²) in [7, 11) is 0. The molecule has 0 radical (unpaired) electrons. The lowest BCUT2D eigenvalue weighted by Gasteiger charge is -2.28. The molecule has 0 aliphatic heterocycles. The number of rotatable bonds is 10. The van der Waals surface area contributed by atoms with E-state index in [2.05, 4.69) is 26.1 Å². The third-order valence-corrected chi connectivity index (χ3v) is 4.87. The molecule has 0 aromatic heterocycles. The molecule has 0 bridgehead atoms. The van der Waals surface area contributed by atoms with Gasteiger partial charge < -0.3 is 5.32 Å². The second-order valence-corrected chi connectivity index (χ2v) is 6.59. The van der Waals surface area contributed by atoms with E-state index in [1.54, 1.807) is 0 Å². The van der Waals surface area contributed by atoms with Crippen molar-refractivity contribution in [3.8, 4) is 0 Å². The second kappa shape index (κ2) is 10.5. The van der Waals surface area contributed by atoms with Crippen molar-refractivity contribution >= 4 is 23.2 Å². The first-order valence-electron chi connectivity index (χ1n) is 8.30. The molecule has 120 valence electrons. The largest absolute Gasteiger partial charge is 0.313 e. The lowest BCUT2D eigenvalue weighted by Crippen LogP contribution is -2.38. The summed E-state index contributed by atoms with van der Waals surface area (Å²) >= 11 is 12.7. The molecule has 0 aliphatic carbocycles. The number of hydrogen-bond donors (Lipinski definition) is 1.